The third-order valence-electron chi connectivity index (χ3n) is 5.51. The number of hydrogen-bond donors (Lipinski definition) is 2. The molecule has 1 aliphatic rings. The van der Waals surface area contributed by atoms with E-state index >= 15 is 0 Å². The second-order valence-corrected chi connectivity index (χ2v) is 8.25. The van der Waals surface area contributed by atoms with E-state index in [0.717, 1.165) is 0 Å². The highest BCUT2D eigenvalue weighted by atomic mass is 35.5. The molecule has 1 saturated heterocycles. The lowest BCUT2D eigenvalue weighted by Crippen LogP contribution is -2.45. The van der Waals surface area contributed by atoms with Crippen LogP contribution in [0.25, 0.3) is 10.9 Å². The van der Waals surface area contributed by atoms with Crippen LogP contribution in [-0.2, 0) is 4.79 Å². The maximum atomic E-state index is 14.2. The summed E-state index contributed by atoms with van der Waals surface area (Å²) in [5.74, 6) is 0.664. The van der Waals surface area contributed by atoms with Gasteiger partial charge in [0.05, 0.1) is 18.3 Å². The summed E-state index contributed by atoms with van der Waals surface area (Å²) < 4.78 is 25.9. The molecule has 1 amide bonds. The third-order valence-corrected chi connectivity index (χ3v) is 5.74. The molecule has 1 atom stereocenters. The topological polar surface area (TPSA) is 96.8 Å². The monoisotopic (exact) mass is 474 g/mol. The van der Waals surface area contributed by atoms with Gasteiger partial charge < -0.3 is 24.8 Å². The van der Waals surface area contributed by atoms with Crippen molar-refractivity contribution >= 4 is 39.9 Å². The van der Waals surface area contributed by atoms with Crippen LogP contribution in [0.5, 0.6) is 11.5 Å². The molecule has 3 aromatic rings. The first-order chi connectivity index (χ1) is 15.9. The minimum Gasteiger partial charge on any atom is -0.493 e. The van der Waals surface area contributed by atoms with E-state index in [0.29, 0.717) is 59.2 Å². The Balaban J connectivity index is 1.56. The number of benzene rings is 2. The molecule has 10 heteroatoms. The van der Waals surface area contributed by atoms with Gasteiger partial charge in [0.25, 0.3) is 5.91 Å². The standard InChI is InChI=1S/C23H24ClFN4O4/c1-13(30)23(31)29-7-5-15(6-8-29)33-21-11-18-16(10-20(21)32-2)22(27-12-26-18)28-19-9-14(24)3-4-17(19)25/h3-4,9-13,15,30H,5-8H2,1-2H3,(H,26,27,28)/t13-/m0/s1. The van der Waals surface area contributed by atoms with E-state index in [1.165, 1.54) is 38.6 Å². The molecule has 0 saturated carbocycles. The van der Waals surface area contributed by atoms with Crippen molar-refractivity contribution < 1.29 is 23.8 Å². The Morgan fingerprint density at radius 3 is 2.70 bits per heavy atom. The first-order valence-electron chi connectivity index (χ1n) is 10.5. The summed E-state index contributed by atoms with van der Waals surface area (Å²) >= 11 is 5.99. The lowest BCUT2D eigenvalue weighted by molar-refractivity contribution is -0.141. The molecule has 2 N–H and O–H groups in total. The van der Waals surface area contributed by atoms with Crippen LogP contribution in [0.15, 0.2) is 36.7 Å². The molecule has 0 aliphatic carbocycles. The molecule has 8 nitrogen and oxygen atoms in total. The van der Waals surface area contributed by atoms with Gasteiger partial charge in [-0.15, -0.1) is 0 Å². The van der Waals surface area contributed by atoms with E-state index in [2.05, 4.69) is 15.3 Å². The van der Waals surface area contributed by atoms with Gasteiger partial charge in [0, 0.05) is 42.4 Å². The summed E-state index contributed by atoms with van der Waals surface area (Å²) in [6.45, 7) is 2.48. The molecule has 1 fully saturated rings. The van der Waals surface area contributed by atoms with Crippen molar-refractivity contribution in [3.63, 3.8) is 0 Å². The molecule has 0 radical (unpaired) electrons. The first-order valence-corrected chi connectivity index (χ1v) is 10.9. The SMILES string of the molecule is COc1cc2c(Nc3cc(Cl)ccc3F)ncnc2cc1OC1CCN(C(=O)[C@H](C)O)CC1. The number of anilines is 2. The van der Waals surface area contributed by atoms with E-state index in [1.807, 2.05) is 0 Å². The van der Waals surface area contributed by atoms with Gasteiger partial charge in [-0.25, -0.2) is 14.4 Å². The van der Waals surface area contributed by atoms with E-state index < -0.39 is 11.9 Å². The molecule has 0 spiro atoms. The molecule has 0 unspecified atom stereocenters. The van der Waals surface area contributed by atoms with Crippen LogP contribution in [0, 0.1) is 5.82 Å². The number of rotatable bonds is 6. The van der Waals surface area contributed by atoms with Gasteiger partial charge in [-0.3, -0.25) is 4.79 Å². The van der Waals surface area contributed by atoms with Gasteiger partial charge in [-0.2, -0.15) is 0 Å². The summed E-state index contributed by atoms with van der Waals surface area (Å²) in [7, 11) is 1.53. The Kier molecular flexibility index (Phi) is 6.80. The zero-order valence-corrected chi connectivity index (χ0v) is 19.0. The van der Waals surface area contributed by atoms with Crippen molar-refractivity contribution in [1.29, 1.82) is 0 Å². The highest BCUT2D eigenvalue weighted by Gasteiger charge is 2.27. The number of fused-ring (bicyclic) bond motifs is 1. The number of carbonyl (C=O) groups is 1. The third kappa shape index (κ3) is 5.09. The van der Waals surface area contributed by atoms with Crippen molar-refractivity contribution in [2.24, 2.45) is 0 Å². The average molecular weight is 475 g/mol. The number of aromatic nitrogens is 2. The number of likely N-dealkylation sites (tertiary alicyclic amines) is 1. The summed E-state index contributed by atoms with van der Waals surface area (Å²) in [4.78, 5) is 22.2. The van der Waals surface area contributed by atoms with Crippen LogP contribution in [0.1, 0.15) is 19.8 Å². The van der Waals surface area contributed by atoms with Crippen LogP contribution in [0.3, 0.4) is 0 Å². The maximum absolute atomic E-state index is 14.2. The smallest absolute Gasteiger partial charge is 0.251 e. The van der Waals surface area contributed by atoms with Gasteiger partial charge in [0.1, 0.15) is 30.2 Å². The predicted molar refractivity (Wildman–Crippen MR) is 123 cm³/mol. The second kappa shape index (κ2) is 9.76. The summed E-state index contributed by atoms with van der Waals surface area (Å²) in [6.07, 6.45) is 1.51. The van der Waals surface area contributed by atoms with Crippen molar-refractivity contribution in [2.45, 2.75) is 32.0 Å². The number of halogens is 2. The van der Waals surface area contributed by atoms with Gasteiger partial charge >= 0.3 is 0 Å². The van der Waals surface area contributed by atoms with Crippen molar-refractivity contribution in [1.82, 2.24) is 14.9 Å². The fraction of sp³-hybridized carbons (Fsp3) is 0.348. The molecule has 0 bridgehead atoms. The van der Waals surface area contributed by atoms with Crippen LogP contribution in [0.4, 0.5) is 15.9 Å². The Hall–Kier alpha value is -3.17. The maximum Gasteiger partial charge on any atom is 0.251 e. The molecule has 174 valence electrons. The molecular formula is C23H24ClFN4O4. The largest absolute Gasteiger partial charge is 0.493 e. The van der Waals surface area contributed by atoms with Crippen LogP contribution >= 0.6 is 11.6 Å². The normalized spacial score (nSPS) is 15.4. The summed E-state index contributed by atoms with van der Waals surface area (Å²) in [5.41, 5.74) is 0.785. The van der Waals surface area contributed by atoms with E-state index in [1.54, 1.807) is 17.0 Å². The number of carbonyl (C=O) groups excluding carboxylic acids is 1. The quantitative estimate of drug-likeness (QED) is 0.558. The van der Waals surface area contributed by atoms with Gasteiger partial charge in [0.2, 0.25) is 0 Å². The Morgan fingerprint density at radius 1 is 1.24 bits per heavy atom. The van der Waals surface area contributed by atoms with E-state index in [9.17, 15) is 14.3 Å². The number of aliphatic hydroxyl groups is 1. The minimum atomic E-state index is -1.01. The van der Waals surface area contributed by atoms with Crippen LogP contribution in [-0.4, -0.2) is 58.3 Å². The molecule has 2 aromatic carbocycles. The molecule has 33 heavy (non-hydrogen) atoms. The fourth-order valence-electron chi connectivity index (χ4n) is 3.77. The number of ether oxygens (including phenoxy) is 2. The Labute approximate surface area is 195 Å². The van der Waals surface area contributed by atoms with Crippen LogP contribution < -0.4 is 14.8 Å². The number of piperidine rings is 1. The average Bonchev–Trinajstić information content (AvgIpc) is 2.81. The van der Waals surface area contributed by atoms with Crippen LogP contribution in [0.2, 0.25) is 5.02 Å². The van der Waals surface area contributed by atoms with Gasteiger partial charge in [-0.05, 0) is 31.2 Å². The highest BCUT2D eigenvalue weighted by Crippen LogP contribution is 2.36. The molecule has 1 aliphatic heterocycles. The first kappa shape index (κ1) is 23.0. The zero-order valence-electron chi connectivity index (χ0n) is 18.2. The predicted octanol–water partition coefficient (Wildman–Crippen LogP) is 3.93. The summed E-state index contributed by atoms with van der Waals surface area (Å²) in [6, 6.07) is 7.72. The molecule has 2 heterocycles. The van der Waals surface area contributed by atoms with Crippen molar-refractivity contribution in [2.75, 3.05) is 25.5 Å². The number of hydrogen-bond acceptors (Lipinski definition) is 7. The highest BCUT2D eigenvalue weighted by molar-refractivity contribution is 6.30. The second-order valence-electron chi connectivity index (χ2n) is 7.81. The molecular weight excluding hydrogens is 451 g/mol. The number of nitrogens with zero attached hydrogens (tertiary/aromatic N) is 3. The number of amides is 1. The Bertz CT molecular complexity index is 1170. The number of nitrogens with one attached hydrogen (secondary N) is 1. The molecule has 4 rings (SSSR count). The van der Waals surface area contributed by atoms with E-state index in [-0.39, 0.29) is 17.7 Å². The molecule has 1 aromatic heterocycles. The van der Waals surface area contributed by atoms with Gasteiger partial charge in [-0.1, -0.05) is 11.6 Å². The number of aliphatic hydroxyl groups excluding tert-OH is 1. The van der Waals surface area contributed by atoms with Crippen molar-refractivity contribution in [3.05, 3.63) is 47.5 Å². The Morgan fingerprint density at radius 2 is 2.00 bits per heavy atom. The minimum absolute atomic E-state index is 0.116. The fourth-order valence-corrected chi connectivity index (χ4v) is 3.95. The number of methoxy groups -OCH3 is 1. The lowest BCUT2D eigenvalue weighted by atomic mass is 10.1. The van der Waals surface area contributed by atoms with Gasteiger partial charge in [0.15, 0.2) is 11.5 Å². The van der Waals surface area contributed by atoms with E-state index in [4.69, 9.17) is 21.1 Å². The lowest BCUT2D eigenvalue weighted by Gasteiger charge is -2.33. The summed E-state index contributed by atoms with van der Waals surface area (Å²) in [5, 5.41) is 13.5. The van der Waals surface area contributed by atoms with Crippen molar-refractivity contribution in [3.8, 4) is 11.5 Å². The zero-order chi connectivity index (χ0) is 23.5.